The minimum atomic E-state index is 0.129. The lowest BCUT2D eigenvalue weighted by Gasteiger charge is -2.09. The van der Waals surface area contributed by atoms with Gasteiger partial charge in [0.25, 0.3) is 0 Å². The number of benzene rings is 2. The van der Waals surface area contributed by atoms with Crippen LogP contribution in [0, 0.1) is 4.77 Å². The summed E-state index contributed by atoms with van der Waals surface area (Å²) in [6.07, 6.45) is 1.87. The molecule has 0 aliphatic carbocycles. The van der Waals surface area contributed by atoms with Gasteiger partial charge in [0.1, 0.15) is 5.75 Å². The summed E-state index contributed by atoms with van der Waals surface area (Å²) in [5.74, 6) is 1.49. The fraction of sp³-hybridized carbons (Fsp3) is 0.167. The van der Waals surface area contributed by atoms with Gasteiger partial charge in [0.2, 0.25) is 4.77 Å². The highest BCUT2D eigenvalue weighted by molar-refractivity contribution is 7.71. The van der Waals surface area contributed by atoms with Gasteiger partial charge in [-0.3, -0.25) is 0 Å². The standard InChI is InChI=1S/C18H18N4OS/c1-13(2)23-16-10-6-7-14(11-16)12-19-22-17(20-21-18(22)24)15-8-4-3-5-9-15/h3-13H,1-2H3,(H,21,24)/b19-12-. The normalized spacial score (nSPS) is 11.3. The smallest absolute Gasteiger partial charge is 0.216 e. The lowest BCUT2D eigenvalue weighted by Crippen LogP contribution is -2.05. The quantitative estimate of drug-likeness (QED) is 0.558. The molecule has 0 aliphatic heterocycles. The van der Waals surface area contributed by atoms with Crippen molar-refractivity contribution in [2.75, 3.05) is 0 Å². The van der Waals surface area contributed by atoms with Crippen LogP contribution in [-0.4, -0.2) is 27.2 Å². The topological polar surface area (TPSA) is 55.2 Å². The Morgan fingerprint density at radius 2 is 1.96 bits per heavy atom. The molecule has 1 N–H and O–H groups in total. The van der Waals surface area contributed by atoms with Crippen LogP contribution < -0.4 is 4.74 Å². The first-order valence-electron chi connectivity index (χ1n) is 7.67. The van der Waals surface area contributed by atoms with E-state index in [4.69, 9.17) is 17.0 Å². The molecule has 0 aliphatic rings. The van der Waals surface area contributed by atoms with Gasteiger partial charge in [0.05, 0.1) is 12.3 Å². The predicted octanol–water partition coefficient (Wildman–Crippen LogP) is 4.28. The van der Waals surface area contributed by atoms with Crippen molar-refractivity contribution in [2.24, 2.45) is 5.10 Å². The number of nitrogens with one attached hydrogen (secondary N) is 1. The number of ether oxygens (including phenoxy) is 1. The largest absolute Gasteiger partial charge is 0.491 e. The van der Waals surface area contributed by atoms with Crippen LogP contribution in [0.15, 0.2) is 59.7 Å². The molecular weight excluding hydrogens is 320 g/mol. The van der Waals surface area contributed by atoms with Crippen LogP contribution in [0.2, 0.25) is 0 Å². The molecule has 0 radical (unpaired) electrons. The molecule has 2 aromatic carbocycles. The van der Waals surface area contributed by atoms with E-state index in [2.05, 4.69) is 15.3 Å². The van der Waals surface area contributed by atoms with Gasteiger partial charge in [0.15, 0.2) is 5.82 Å². The van der Waals surface area contributed by atoms with E-state index < -0.39 is 0 Å². The molecule has 0 amide bonds. The second-order valence-corrected chi connectivity index (χ2v) is 5.90. The van der Waals surface area contributed by atoms with Crippen LogP contribution in [0.5, 0.6) is 5.75 Å². The predicted molar refractivity (Wildman–Crippen MR) is 98.0 cm³/mol. The van der Waals surface area contributed by atoms with Crippen LogP contribution in [0.3, 0.4) is 0 Å². The van der Waals surface area contributed by atoms with Crippen LogP contribution in [-0.2, 0) is 0 Å². The Kier molecular flexibility index (Phi) is 4.86. The third-order valence-corrected chi connectivity index (χ3v) is 3.50. The van der Waals surface area contributed by atoms with Gasteiger partial charge < -0.3 is 4.74 Å². The first-order valence-corrected chi connectivity index (χ1v) is 8.08. The van der Waals surface area contributed by atoms with E-state index in [1.165, 1.54) is 0 Å². The van der Waals surface area contributed by atoms with E-state index in [1.54, 1.807) is 10.9 Å². The van der Waals surface area contributed by atoms with Crippen LogP contribution in [0.4, 0.5) is 0 Å². The Hall–Kier alpha value is -2.73. The molecule has 3 aromatic rings. The Morgan fingerprint density at radius 1 is 1.17 bits per heavy atom. The number of H-pyrrole nitrogens is 1. The minimum absolute atomic E-state index is 0.129. The maximum Gasteiger partial charge on any atom is 0.216 e. The number of rotatable bonds is 5. The summed E-state index contributed by atoms with van der Waals surface area (Å²) in [6.45, 7) is 4.00. The molecule has 0 saturated carbocycles. The van der Waals surface area contributed by atoms with Gasteiger partial charge in [-0.15, -0.1) is 0 Å². The van der Waals surface area contributed by atoms with Crippen LogP contribution in [0.1, 0.15) is 19.4 Å². The number of aromatic amines is 1. The molecule has 0 atom stereocenters. The Balaban J connectivity index is 1.91. The molecule has 0 unspecified atom stereocenters. The first-order chi connectivity index (χ1) is 11.6. The molecule has 122 valence electrons. The molecule has 6 heteroatoms. The summed E-state index contributed by atoms with van der Waals surface area (Å²) in [6, 6.07) is 17.6. The van der Waals surface area contributed by atoms with E-state index >= 15 is 0 Å². The monoisotopic (exact) mass is 338 g/mol. The molecular formula is C18H18N4OS. The highest BCUT2D eigenvalue weighted by Crippen LogP contribution is 2.17. The highest BCUT2D eigenvalue weighted by Gasteiger charge is 2.07. The molecule has 5 nitrogen and oxygen atoms in total. The van der Waals surface area contributed by atoms with Crippen molar-refractivity contribution in [1.29, 1.82) is 0 Å². The van der Waals surface area contributed by atoms with Crippen molar-refractivity contribution in [3.8, 4) is 17.1 Å². The van der Waals surface area contributed by atoms with E-state index in [9.17, 15) is 0 Å². The molecule has 24 heavy (non-hydrogen) atoms. The molecule has 1 aromatic heterocycles. The Labute approximate surface area is 145 Å². The second-order valence-electron chi connectivity index (χ2n) is 5.51. The van der Waals surface area contributed by atoms with Crippen molar-refractivity contribution in [3.63, 3.8) is 0 Å². The zero-order chi connectivity index (χ0) is 16.9. The van der Waals surface area contributed by atoms with Crippen LogP contribution in [0.25, 0.3) is 11.4 Å². The lowest BCUT2D eigenvalue weighted by atomic mass is 10.2. The van der Waals surface area contributed by atoms with Gasteiger partial charge in [-0.1, -0.05) is 42.5 Å². The average Bonchev–Trinajstić information content (AvgIpc) is 2.94. The summed E-state index contributed by atoms with van der Waals surface area (Å²) in [7, 11) is 0. The molecule has 0 fully saturated rings. The average molecular weight is 338 g/mol. The molecule has 0 spiro atoms. The van der Waals surface area contributed by atoms with Crippen molar-refractivity contribution >= 4 is 18.4 Å². The first kappa shape index (κ1) is 16.1. The molecule has 3 rings (SSSR count). The van der Waals surface area contributed by atoms with Crippen LogP contribution >= 0.6 is 12.2 Å². The number of hydrogen-bond donors (Lipinski definition) is 1. The van der Waals surface area contributed by atoms with E-state index in [-0.39, 0.29) is 6.10 Å². The van der Waals surface area contributed by atoms with Gasteiger partial charge in [-0.05, 0) is 43.8 Å². The molecule has 1 heterocycles. The highest BCUT2D eigenvalue weighted by atomic mass is 32.1. The zero-order valence-electron chi connectivity index (χ0n) is 13.5. The Bertz CT molecular complexity index is 897. The van der Waals surface area contributed by atoms with E-state index in [1.807, 2.05) is 68.4 Å². The summed E-state index contributed by atoms with van der Waals surface area (Å²) in [5, 5.41) is 11.5. The summed E-state index contributed by atoms with van der Waals surface area (Å²) in [4.78, 5) is 0. The van der Waals surface area contributed by atoms with Crippen molar-refractivity contribution in [2.45, 2.75) is 20.0 Å². The SMILES string of the molecule is CC(C)Oc1cccc(/C=N\n2c(-c3ccccc3)n[nH]c2=S)c1. The van der Waals surface area contributed by atoms with Gasteiger partial charge >= 0.3 is 0 Å². The number of hydrogen-bond acceptors (Lipinski definition) is 4. The fourth-order valence-electron chi connectivity index (χ4n) is 2.24. The van der Waals surface area contributed by atoms with Crippen molar-refractivity contribution < 1.29 is 4.74 Å². The van der Waals surface area contributed by atoms with Crippen molar-refractivity contribution in [1.82, 2.24) is 14.9 Å². The van der Waals surface area contributed by atoms with E-state index in [0.717, 1.165) is 16.9 Å². The zero-order valence-corrected chi connectivity index (χ0v) is 14.3. The third-order valence-electron chi connectivity index (χ3n) is 3.23. The summed E-state index contributed by atoms with van der Waals surface area (Å²) in [5.41, 5.74) is 1.87. The van der Waals surface area contributed by atoms with Gasteiger partial charge in [0, 0.05) is 5.56 Å². The molecule has 0 saturated heterocycles. The Morgan fingerprint density at radius 3 is 2.71 bits per heavy atom. The summed E-state index contributed by atoms with van der Waals surface area (Å²) < 4.78 is 7.76. The second kappa shape index (κ2) is 7.23. The third kappa shape index (κ3) is 3.78. The maximum absolute atomic E-state index is 5.70. The fourth-order valence-corrected chi connectivity index (χ4v) is 2.42. The lowest BCUT2D eigenvalue weighted by molar-refractivity contribution is 0.242. The maximum atomic E-state index is 5.70. The number of aromatic nitrogens is 3. The van der Waals surface area contributed by atoms with Gasteiger partial charge in [-0.25, -0.2) is 5.10 Å². The number of nitrogens with zero attached hydrogens (tertiary/aromatic N) is 3. The molecule has 0 bridgehead atoms. The minimum Gasteiger partial charge on any atom is -0.491 e. The van der Waals surface area contributed by atoms with E-state index in [0.29, 0.717) is 10.6 Å². The van der Waals surface area contributed by atoms with Crippen molar-refractivity contribution in [3.05, 3.63) is 64.9 Å². The summed E-state index contributed by atoms with van der Waals surface area (Å²) >= 11 is 5.28. The van der Waals surface area contributed by atoms with Gasteiger partial charge in [-0.2, -0.15) is 14.9 Å².